The van der Waals surface area contributed by atoms with Gasteiger partial charge in [0.1, 0.15) is 6.33 Å². The van der Waals surface area contributed by atoms with Gasteiger partial charge in [0.25, 0.3) is 0 Å². The predicted molar refractivity (Wildman–Crippen MR) is 102 cm³/mol. The lowest BCUT2D eigenvalue weighted by Gasteiger charge is -2.15. The van der Waals surface area contributed by atoms with E-state index >= 15 is 0 Å². The number of benzene rings is 2. The molecular formula is C19H20N4OS. The molecule has 0 aliphatic carbocycles. The summed E-state index contributed by atoms with van der Waals surface area (Å²) in [6, 6.07) is 17.9. The minimum Gasteiger partial charge on any atom is -0.325 e. The molecule has 1 atom stereocenters. The van der Waals surface area contributed by atoms with E-state index in [0.29, 0.717) is 0 Å². The second kappa shape index (κ2) is 7.98. The molecule has 128 valence electrons. The SMILES string of the molecule is CCn1cnnc1S[C@@H](C)C(=O)Nc1ccccc1-c1ccccc1. The van der Waals surface area contributed by atoms with Crippen molar-refractivity contribution in [3.05, 3.63) is 60.9 Å². The lowest BCUT2D eigenvalue weighted by molar-refractivity contribution is -0.115. The van der Waals surface area contributed by atoms with E-state index in [-0.39, 0.29) is 11.2 Å². The number of aryl methyl sites for hydroxylation is 1. The first-order valence-corrected chi connectivity index (χ1v) is 9.06. The van der Waals surface area contributed by atoms with E-state index in [1.54, 1.807) is 6.33 Å². The average Bonchev–Trinajstić information content (AvgIpc) is 3.10. The summed E-state index contributed by atoms with van der Waals surface area (Å²) in [4.78, 5) is 12.6. The Morgan fingerprint density at radius 3 is 2.64 bits per heavy atom. The van der Waals surface area contributed by atoms with E-state index in [1.807, 2.05) is 73.0 Å². The van der Waals surface area contributed by atoms with Crippen molar-refractivity contribution in [3.8, 4) is 11.1 Å². The monoisotopic (exact) mass is 352 g/mol. The first-order chi connectivity index (χ1) is 12.2. The zero-order valence-electron chi connectivity index (χ0n) is 14.2. The normalized spacial score (nSPS) is 11.9. The fourth-order valence-corrected chi connectivity index (χ4v) is 3.35. The largest absolute Gasteiger partial charge is 0.325 e. The third kappa shape index (κ3) is 4.09. The number of aromatic nitrogens is 3. The minimum absolute atomic E-state index is 0.0564. The van der Waals surface area contributed by atoms with Crippen LogP contribution in [-0.2, 0) is 11.3 Å². The molecule has 0 saturated carbocycles. The Bertz CT molecular complexity index is 847. The first-order valence-electron chi connectivity index (χ1n) is 8.18. The van der Waals surface area contributed by atoms with Crippen LogP contribution in [0.2, 0.25) is 0 Å². The summed E-state index contributed by atoms with van der Waals surface area (Å²) in [6.45, 7) is 4.68. The number of carbonyl (C=O) groups is 1. The highest BCUT2D eigenvalue weighted by Gasteiger charge is 2.18. The van der Waals surface area contributed by atoms with Crippen molar-refractivity contribution < 1.29 is 4.79 Å². The third-order valence-electron chi connectivity index (χ3n) is 3.84. The van der Waals surface area contributed by atoms with Crippen LogP contribution in [0.3, 0.4) is 0 Å². The summed E-state index contributed by atoms with van der Waals surface area (Å²) in [5.41, 5.74) is 2.89. The molecule has 6 heteroatoms. The quantitative estimate of drug-likeness (QED) is 0.679. The van der Waals surface area contributed by atoms with Crippen molar-refractivity contribution in [2.45, 2.75) is 30.8 Å². The number of para-hydroxylation sites is 1. The van der Waals surface area contributed by atoms with Gasteiger partial charge in [-0.2, -0.15) is 0 Å². The van der Waals surface area contributed by atoms with Crippen LogP contribution in [-0.4, -0.2) is 25.9 Å². The lowest BCUT2D eigenvalue weighted by atomic mass is 10.0. The summed E-state index contributed by atoms with van der Waals surface area (Å²) >= 11 is 1.41. The summed E-state index contributed by atoms with van der Waals surface area (Å²) in [7, 11) is 0. The second-order valence-electron chi connectivity index (χ2n) is 5.56. The molecule has 1 aromatic heterocycles. The molecule has 2 aromatic carbocycles. The van der Waals surface area contributed by atoms with Crippen LogP contribution in [0.1, 0.15) is 13.8 Å². The maximum Gasteiger partial charge on any atom is 0.237 e. The minimum atomic E-state index is -0.279. The van der Waals surface area contributed by atoms with Gasteiger partial charge in [0.05, 0.1) is 5.25 Å². The smallest absolute Gasteiger partial charge is 0.237 e. The van der Waals surface area contributed by atoms with Gasteiger partial charge in [-0.05, 0) is 25.5 Å². The number of nitrogens with one attached hydrogen (secondary N) is 1. The molecule has 0 saturated heterocycles. The molecule has 0 bridgehead atoms. The molecule has 0 aliphatic heterocycles. The molecule has 0 aliphatic rings. The van der Waals surface area contributed by atoms with Gasteiger partial charge in [0.15, 0.2) is 5.16 Å². The van der Waals surface area contributed by atoms with E-state index in [0.717, 1.165) is 28.5 Å². The Labute approximate surface area is 151 Å². The Hall–Kier alpha value is -2.60. The van der Waals surface area contributed by atoms with Gasteiger partial charge in [-0.25, -0.2) is 0 Å². The van der Waals surface area contributed by atoms with Crippen molar-refractivity contribution in [3.63, 3.8) is 0 Å². The number of carbonyl (C=O) groups excluding carboxylic acids is 1. The zero-order valence-corrected chi connectivity index (χ0v) is 15.0. The molecule has 0 unspecified atom stereocenters. The van der Waals surface area contributed by atoms with Crippen LogP contribution < -0.4 is 5.32 Å². The highest BCUT2D eigenvalue weighted by molar-refractivity contribution is 8.00. The second-order valence-corrected chi connectivity index (χ2v) is 6.87. The molecule has 1 N–H and O–H groups in total. The fourth-order valence-electron chi connectivity index (χ4n) is 2.46. The van der Waals surface area contributed by atoms with Gasteiger partial charge in [0.2, 0.25) is 5.91 Å². The maximum absolute atomic E-state index is 12.6. The first kappa shape index (κ1) is 17.2. The third-order valence-corrected chi connectivity index (χ3v) is 4.94. The molecular weight excluding hydrogens is 332 g/mol. The van der Waals surface area contributed by atoms with Gasteiger partial charge < -0.3 is 9.88 Å². The molecule has 1 heterocycles. The summed E-state index contributed by atoms with van der Waals surface area (Å²) in [5, 5.41) is 11.5. The highest BCUT2D eigenvalue weighted by Crippen LogP contribution is 2.29. The van der Waals surface area contributed by atoms with Crippen LogP contribution in [0.25, 0.3) is 11.1 Å². The predicted octanol–water partition coefficient (Wildman–Crippen LogP) is 4.08. The molecule has 0 radical (unpaired) electrons. The molecule has 0 spiro atoms. The van der Waals surface area contributed by atoms with E-state index in [2.05, 4.69) is 15.5 Å². The van der Waals surface area contributed by atoms with Gasteiger partial charge in [0, 0.05) is 17.8 Å². The topological polar surface area (TPSA) is 59.8 Å². The van der Waals surface area contributed by atoms with Crippen LogP contribution in [0, 0.1) is 0 Å². The van der Waals surface area contributed by atoms with Gasteiger partial charge in [-0.1, -0.05) is 60.3 Å². The lowest BCUT2D eigenvalue weighted by Crippen LogP contribution is -2.23. The molecule has 3 aromatic rings. The van der Waals surface area contributed by atoms with Gasteiger partial charge >= 0.3 is 0 Å². The standard InChI is InChI=1S/C19H20N4OS/c1-3-23-13-20-22-19(23)25-14(2)18(24)21-17-12-8-7-11-16(17)15-9-5-4-6-10-15/h4-14H,3H2,1-2H3,(H,21,24)/t14-/m0/s1. The summed E-state index contributed by atoms with van der Waals surface area (Å²) in [6.07, 6.45) is 1.68. The Morgan fingerprint density at radius 1 is 1.16 bits per heavy atom. The van der Waals surface area contributed by atoms with Crippen molar-refractivity contribution in [2.24, 2.45) is 0 Å². The summed E-state index contributed by atoms with van der Waals surface area (Å²) in [5.74, 6) is -0.0564. The summed E-state index contributed by atoms with van der Waals surface area (Å²) < 4.78 is 1.92. The van der Waals surface area contributed by atoms with E-state index < -0.39 is 0 Å². The van der Waals surface area contributed by atoms with E-state index in [9.17, 15) is 4.79 Å². The molecule has 25 heavy (non-hydrogen) atoms. The number of rotatable bonds is 6. The van der Waals surface area contributed by atoms with E-state index in [1.165, 1.54) is 11.8 Å². The molecule has 1 amide bonds. The zero-order chi connectivity index (χ0) is 17.6. The number of hydrogen-bond acceptors (Lipinski definition) is 4. The number of anilines is 1. The van der Waals surface area contributed by atoms with E-state index in [4.69, 9.17) is 0 Å². The Balaban J connectivity index is 1.75. The Kier molecular flexibility index (Phi) is 5.50. The van der Waals surface area contributed by atoms with Crippen LogP contribution >= 0.6 is 11.8 Å². The van der Waals surface area contributed by atoms with Crippen LogP contribution in [0.15, 0.2) is 66.1 Å². The maximum atomic E-state index is 12.6. The van der Waals surface area contributed by atoms with Gasteiger partial charge in [-0.3, -0.25) is 4.79 Å². The van der Waals surface area contributed by atoms with Crippen molar-refractivity contribution in [1.29, 1.82) is 0 Å². The Morgan fingerprint density at radius 2 is 1.88 bits per heavy atom. The van der Waals surface area contributed by atoms with Crippen LogP contribution in [0.4, 0.5) is 5.69 Å². The number of amides is 1. The molecule has 3 rings (SSSR count). The fraction of sp³-hybridized carbons (Fsp3) is 0.211. The number of nitrogens with zero attached hydrogens (tertiary/aromatic N) is 3. The average molecular weight is 352 g/mol. The highest BCUT2D eigenvalue weighted by atomic mass is 32.2. The number of hydrogen-bond donors (Lipinski definition) is 1. The van der Waals surface area contributed by atoms with Gasteiger partial charge in [-0.15, -0.1) is 10.2 Å². The van der Waals surface area contributed by atoms with Crippen molar-refractivity contribution in [2.75, 3.05) is 5.32 Å². The van der Waals surface area contributed by atoms with Crippen LogP contribution in [0.5, 0.6) is 0 Å². The van der Waals surface area contributed by atoms with Crippen molar-refractivity contribution >= 4 is 23.4 Å². The van der Waals surface area contributed by atoms with Crippen molar-refractivity contribution in [1.82, 2.24) is 14.8 Å². The molecule has 0 fully saturated rings. The number of thioether (sulfide) groups is 1. The molecule has 5 nitrogen and oxygen atoms in total.